The number of amides is 1. The zero-order chi connectivity index (χ0) is 18.1. The largest absolute Gasteiger partial charge is 0.356 e. The van der Waals surface area contributed by atoms with Crippen LogP contribution in [0, 0.1) is 6.92 Å². The first-order chi connectivity index (χ1) is 12.1. The van der Waals surface area contributed by atoms with Crippen molar-refractivity contribution in [2.45, 2.75) is 70.9 Å². The lowest BCUT2D eigenvalue weighted by molar-refractivity contribution is -0.121. The Bertz CT molecular complexity index is 570. The van der Waals surface area contributed by atoms with Crippen molar-refractivity contribution < 1.29 is 4.79 Å². The maximum atomic E-state index is 12.0. The molecule has 1 aliphatic rings. The number of hydrogen-bond acceptors (Lipinski definition) is 3. The molecule has 1 aromatic heterocycles. The highest BCUT2D eigenvalue weighted by atomic mass is 127. The molecule has 0 aliphatic heterocycles. The molecule has 0 radical (unpaired) electrons. The first kappa shape index (κ1) is 23.2. The smallest absolute Gasteiger partial charge is 0.221 e. The zero-order valence-electron chi connectivity index (χ0n) is 16.1. The van der Waals surface area contributed by atoms with Crippen LogP contribution in [0.4, 0.5) is 0 Å². The van der Waals surface area contributed by atoms with E-state index in [1.807, 2.05) is 11.3 Å². The van der Waals surface area contributed by atoms with Crippen LogP contribution in [0.2, 0.25) is 0 Å². The predicted molar refractivity (Wildman–Crippen MR) is 122 cm³/mol. The normalized spacial score (nSPS) is 16.5. The summed E-state index contributed by atoms with van der Waals surface area (Å²) in [4.78, 5) is 19.0. The number of hydrogen-bond donors (Lipinski definition) is 3. The van der Waals surface area contributed by atoms with Crippen LogP contribution in [0.15, 0.2) is 17.1 Å². The molecule has 5 nitrogen and oxygen atoms in total. The van der Waals surface area contributed by atoms with Crippen molar-refractivity contribution in [1.29, 1.82) is 0 Å². The van der Waals surface area contributed by atoms with Crippen LogP contribution in [0.5, 0.6) is 0 Å². The van der Waals surface area contributed by atoms with E-state index in [1.165, 1.54) is 29.0 Å². The Labute approximate surface area is 178 Å². The summed E-state index contributed by atoms with van der Waals surface area (Å²) < 4.78 is 0. The highest BCUT2D eigenvalue weighted by molar-refractivity contribution is 14.0. The molecule has 2 rings (SSSR count). The highest BCUT2D eigenvalue weighted by Crippen LogP contribution is 2.17. The maximum absolute atomic E-state index is 12.0. The molecule has 1 aliphatic carbocycles. The van der Waals surface area contributed by atoms with Gasteiger partial charge < -0.3 is 16.0 Å². The van der Waals surface area contributed by atoms with Crippen LogP contribution in [0.3, 0.4) is 0 Å². The summed E-state index contributed by atoms with van der Waals surface area (Å²) in [5.41, 5.74) is 0. The second kappa shape index (κ2) is 12.5. The molecule has 0 spiro atoms. The van der Waals surface area contributed by atoms with Crippen LogP contribution in [-0.4, -0.2) is 37.5 Å². The van der Waals surface area contributed by atoms with Gasteiger partial charge in [-0.2, -0.15) is 0 Å². The topological polar surface area (TPSA) is 65.5 Å². The van der Waals surface area contributed by atoms with Crippen LogP contribution in [-0.2, 0) is 11.2 Å². The number of nitrogens with zero attached hydrogens (tertiary/aromatic N) is 1. The van der Waals surface area contributed by atoms with E-state index < -0.39 is 0 Å². The molecule has 1 unspecified atom stereocenters. The van der Waals surface area contributed by atoms with Gasteiger partial charge in [-0.05, 0) is 38.8 Å². The Kier molecular flexibility index (Phi) is 11.2. The lowest BCUT2D eigenvalue weighted by atomic mass is 9.95. The number of aliphatic imine (C=N–C) groups is 1. The Morgan fingerprint density at radius 1 is 1.31 bits per heavy atom. The summed E-state index contributed by atoms with van der Waals surface area (Å²) in [6, 6.07) is 5.02. The molecule has 1 heterocycles. The van der Waals surface area contributed by atoms with Crippen molar-refractivity contribution in [2.24, 2.45) is 4.99 Å². The summed E-state index contributed by atoms with van der Waals surface area (Å²) in [6.07, 6.45) is 7.49. The summed E-state index contributed by atoms with van der Waals surface area (Å²) in [5.74, 6) is 0.892. The third-order valence-electron chi connectivity index (χ3n) is 4.52. The van der Waals surface area contributed by atoms with E-state index in [1.54, 1.807) is 7.05 Å². The third kappa shape index (κ3) is 8.70. The van der Waals surface area contributed by atoms with E-state index in [-0.39, 0.29) is 29.9 Å². The molecule has 1 atom stereocenters. The van der Waals surface area contributed by atoms with E-state index in [0.29, 0.717) is 25.0 Å². The second-order valence-corrected chi connectivity index (χ2v) is 8.29. The first-order valence-corrected chi connectivity index (χ1v) is 10.2. The average Bonchev–Trinajstić information content (AvgIpc) is 2.99. The fourth-order valence-electron chi connectivity index (χ4n) is 3.22. The number of guanidine groups is 1. The molecule has 0 saturated heterocycles. The van der Waals surface area contributed by atoms with Gasteiger partial charge in [-0.15, -0.1) is 35.3 Å². The molecular formula is C19H33IN4OS. The van der Waals surface area contributed by atoms with Crippen LogP contribution >= 0.6 is 35.3 Å². The minimum absolute atomic E-state index is 0. The van der Waals surface area contributed by atoms with E-state index in [4.69, 9.17) is 0 Å². The van der Waals surface area contributed by atoms with Crippen molar-refractivity contribution >= 4 is 47.2 Å². The summed E-state index contributed by atoms with van der Waals surface area (Å²) in [5, 5.41) is 9.78. The van der Waals surface area contributed by atoms with Crippen LogP contribution in [0.1, 0.15) is 55.2 Å². The molecule has 1 saturated carbocycles. The molecule has 0 bridgehead atoms. The number of carbonyl (C=O) groups excluding carboxylic acids is 1. The molecule has 1 amide bonds. The minimum atomic E-state index is 0. The molecule has 1 fully saturated rings. The second-order valence-electron chi connectivity index (χ2n) is 6.91. The van der Waals surface area contributed by atoms with Gasteiger partial charge in [0.2, 0.25) is 5.91 Å². The third-order valence-corrected chi connectivity index (χ3v) is 5.55. The molecule has 3 N–H and O–H groups in total. The maximum Gasteiger partial charge on any atom is 0.221 e. The van der Waals surface area contributed by atoms with Gasteiger partial charge in [0.1, 0.15) is 0 Å². The van der Waals surface area contributed by atoms with Gasteiger partial charge in [0.15, 0.2) is 5.96 Å². The summed E-state index contributed by atoms with van der Waals surface area (Å²) in [6.45, 7) is 4.88. The molecule has 7 heteroatoms. The number of carbonyl (C=O) groups is 1. The Morgan fingerprint density at radius 3 is 2.65 bits per heavy atom. The van der Waals surface area contributed by atoms with Crippen LogP contribution in [0.25, 0.3) is 0 Å². The van der Waals surface area contributed by atoms with Gasteiger partial charge in [-0.3, -0.25) is 9.79 Å². The number of nitrogens with one attached hydrogen (secondary N) is 3. The van der Waals surface area contributed by atoms with E-state index in [2.05, 4.69) is 46.9 Å². The Balaban J connectivity index is 0.00000338. The van der Waals surface area contributed by atoms with Gasteiger partial charge in [0.05, 0.1) is 0 Å². The Hall–Kier alpha value is -0.830. The van der Waals surface area contributed by atoms with Crippen molar-refractivity contribution in [2.75, 3.05) is 13.6 Å². The van der Waals surface area contributed by atoms with E-state index in [0.717, 1.165) is 25.2 Å². The predicted octanol–water partition coefficient (Wildman–Crippen LogP) is 3.61. The fourth-order valence-corrected chi connectivity index (χ4v) is 4.24. The minimum Gasteiger partial charge on any atom is -0.356 e. The zero-order valence-corrected chi connectivity index (χ0v) is 19.3. The van der Waals surface area contributed by atoms with Gasteiger partial charge in [0, 0.05) is 48.3 Å². The summed E-state index contributed by atoms with van der Waals surface area (Å²) >= 11 is 1.84. The Morgan fingerprint density at radius 2 is 2.04 bits per heavy atom. The van der Waals surface area contributed by atoms with Crippen molar-refractivity contribution in [3.05, 3.63) is 21.9 Å². The summed E-state index contributed by atoms with van der Waals surface area (Å²) in [7, 11) is 1.76. The van der Waals surface area contributed by atoms with Crippen LogP contribution < -0.4 is 16.0 Å². The van der Waals surface area contributed by atoms with Crippen molar-refractivity contribution in [1.82, 2.24) is 16.0 Å². The quantitative estimate of drug-likeness (QED) is 0.310. The van der Waals surface area contributed by atoms with Gasteiger partial charge in [0.25, 0.3) is 0 Å². The lowest BCUT2D eigenvalue weighted by Crippen LogP contribution is -2.44. The van der Waals surface area contributed by atoms with Crippen molar-refractivity contribution in [3.8, 4) is 0 Å². The lowest BCUT2D eigenvalue weighted by Gasteiger charge is -2.23. The number of aryl methyl sites for hydroxylation is 1. The van der Waals surface area contributed by atoms with E-state index in [9.17, 15) is 4.79 Å². The fraction of sp³-hybridized carbons (Fsp3) is 0.684. The molecular weight excluding hydrogens is 459 g/mol. The number of halogens is 1. The van der Waals surface area contributed by atoms with E-state index >= 15 is 0 Å². The van der Waals surface area contributed by atoms with Gasteiger partial charge in [-0.25, -0.2) is 0 Å². The van der Waals surface area contributed by atoms with Gasteiger partial charge in [-0.1, -0.05) is 19.3 Å². The number of rotatable bonds is 7. The highest BCUT2D eigenvalue weighted by Gasteiger charge is 2.15. The SMILES string of the molecule is CN=C(NCCC(=O)NC1CCCCC1)NC(C)Cc1ccc(C)s1.I. The molecule has 1 aromatic rings. The standard InChI is InChI=1S/C19H32N4OS.HI/c1-14(13-17-10-9-15(2)25-17)22-19(20-3)21-12-11-18(24)23-16-7-5-4-6-8-16;/h9-10,14,16H,4-8,11-13H2,1-3H3,(H,23,24)(H2,20,21,22);1H. The van der Waals surface area contributed by atoms with Gasteiger partial charge >= 0.3 is 0 Å². The van der Waals surface area contributed by atoms with Crippen molar-refractivity contribution in [3.63, 3.8) is 0 Å². The molecule has 26 heavy (non-hydrogen) atoms. The first-order valence-electron chi connectivity index (χ1n) is 9.38. The molecule has 0 aromatic carbocycles. The molecule has 148 valence electrons. The average molecular weight is 492 g/mol. The monoisotopic (exact) mass is 492 g/mol. The number of thiophene rings is 1.